The molecule has 1 atom stereocenters. The molecule has 0 fully saturated rings. The van der Waals surface area contributed by atoms with Gasteiger partial charge in [0.15, 0.2) is 0 Å². The Hall–Kier alpha value is -1.77. The van der Waals surface area contributed by atoms with Crippen molar-refractivity contribution in [2.45, 2.75) is 31.7 Å². The van der Waals surface area contributed by atoms with E-state index in [1.807, 2.05) is 0 Å². The number of rotatable bonds is 6. The van der Waals surface area contributed by atoms with Gasteiger partial charge in [-0.2, -0.15) is 4.72 Å². The SMILES string of the molecule is Cc1ccc(F)cc1NC(=O)C(NS(=O)(=O)c1ccc(Br)cc1)C(C)C. The van der Waals surface area contributed by atoms with Crippen LogP contribution in [0.5, 0.6) is 0 Å². The number of aryl methyl sites for hydroxylation is 1. The number of anilines is 1. The summed E-state index contributed by atoms with van der Waals surface area (Å²) >= 11 is 3.25. The molecule has 2 aromatic rings. The molecule has 0 aliphatic rings. The number of carbonyl (C=O) groups is 1. The fourth-order valence-corrected chi connectivity index (χ4v) is 3.89. The first-order valence-electron chi connectivity index (χ1n) is 7.95. The van der Waals surface area contributed by atoms with Crippen LogP contribution in [0, 0.1) is 18.7 Å². The number of amides is 1. The highest BCUT2D eigenvalue weighted by atomic mass is 79.9. The molecule has 0 saturated carbocycles. The van der Waals surface area contributed by atoms with Crippen molar-refractivity contribution in [1.82, 2.24) is 4.72 Å². The first kappa shape index (κ1) is 20.5. The first-order valence-corrected chi connectivity index (χ1v) is 10.2. The van der Waals surface area contributed by atoms with Gasteiger partial charge in [-0.25, -0.2) is 12.8 Å². The highest BCUT2D eigenvalue weighted by Gasteiger charge is 2.28. The van der Waals surface area contributed by atoms with Crippen LogP contribution in [0.3, 0.4) is 0 Å². The van der Waals surface area contributed by atoms with E-state index in [1.54, 1.807) is 39.0 Å². The highest BCUT2D eigenvalue weighted by Crippen LogP contribution is 2.19. The standard InChI is InChI=1S/C18H20BrFN2O3S/c1-11(2)17(18(23)21-16-10-14(20)7-4-12(16)3)22-26(24,25)15-8-5-13(19)6-9-15/h4-11,17,22H,1-3H3,(H,21,23). The average molecular weight is 443 g/mol. The molecule has 0 aliphatic heterocycles. The van der Waals surface area contributed by atoms with Crippen LogP contribution in [-0.4, -0.2) is 20.4 Å². The van der Waals surface area contributed by atoms with Crippen molar-refractivity contribution in [2.24, 2.45) is 5.92 Å². The van der Waals surface area contributed by atoms with Crippen LogP contribution in [0.4, 0.5) is 10.1 Å². The molecule has 140 valence electrons. The molecular weight excluding hydrogens is 423 g/mol. The number of hydrogen-bond acceptors (Lipinski definition) is 3. The summed E-state index contributed by atoms with van der Waals surface area (Å²) in [5, 5.41) is 2.60. The van der Waals surface area contributed by atoms with Crippen LogP contribution in [-0.2, 0) is 14.8 Å². The third kappa shape index (κ3) is 5.12. The van der Waals surface area contributed by atoms with E-state index in [-0.39, 0.29) is 10.8 Å². The summed E-state index contributed by atoms with van der Waals surface area (Å²) in [6.45, 7) is 5.19. The van der Waals surface area contributed by atoms with Crippen LogP contribution >= 0.6 is 15.9 Å². The molecular formula is C18H20BrFN2O3S. The predicted octanol–water partition coefficient (Wildman–Crippen LogP) is 3.84. The number of benzene rings is 2. The lowest BCUT2D eigenvalue weighted by atomic mass is 10.0. The van der Waals surface area contributed by atoms with Crippen LogP contribution < -0.4 is 10.0 Å². The van der Waals surface area contributed by atoms with Crippen molar-refractivity contribution in [2.75, 3.05) is 5.32 Å². The summed E-state index contributed by atoms with van der Waals surface area (Å²) in [6, 6.07) is 9.13. The van der Waals surface area contributed by atoms with Crippen LogP contribution in [0.1, 0.15) is 19.4 Å². The van der Waals surface area contributed by atoms with Crippen molar-refractivity contribution in [3.05, 3.63) is 58.3 Å². The molecule has 0 spiro atoms. The lowest BCUT2D eigenvalue weighted by Gasteiger charge is -2.22. The van der Waals surface area contributed by atoms with Gasteiger partial charge in [0, 0.05) is 10.2 Å². The molecule has 0 saturated heterocycles. The van der Waals surface area contributed by atoms with E-state index < -0.39 is 27.8 Å². The maximum Gasteiger partial charge on any atom is 0.242 e. The molecule has 26 heavy (non-hydrogen) atoms. The van der Waals surface area contributed by atoms with E-state index in [2.05, 4.69) is 26.0 Å². The van der Waals surface area contributed by atoms with Gasteiger partial charge in [0.2, 0.25) is 15.9 Å². The normalized spacial score (nSPS) is 12.8. The van der Waals surface area contributed by atoms with Crippen LogP contribution in [0.2, 0.25) is 0 Å². The minimum absolute atomic E-state index is 0.0566. The quantitative estimate of drug-likeness (QED) is 0.713. The Morgan fingerprint density at radius 3 is 2.31 bits per heavy atom. The second-order valence-corrected chi connectivity index (χ2v) is 8.88. The fourth-order valence-electron chi connectivity index (χ4n) is 2.28. The molecule has 8 heteroatoms. The second kappa shape index (κ2) is 8.28. The molecule has 0 radical (unpaired) electrons. The van der Waals surface area contributed by atoms with Gasteiger partial charge in [-0.05, 0) is 54.8 Å². The number of nitrogens with one attached hydrogen (secondary N) is 2. The first-order chi connectivity index (χ1) is 12.1. The van der Waals surface area contributed by atoms with Gasteiger partial charge in [-0.3, -0.25) is 4.79 Å². The van der Waals surface area contributed by atoms with E-state index in [4.69, 9.17) is 0 Å². The molecule has 2 aromatic carbocycles. The molecule has 1 unspecified atom stereocenters. The number of carbonyl (C=O) groups excluding carboxylic acids is 1. The molecule has 5 nitrogen and oxygen atoms in total. The van der Waals surface area contributed by atoms with E-state index in [9.17, 15) is 17.6 Å². The maximum absolute atomic E-state index is 13.4. The van der Waals surface area contributed by atoms with E-state index >= 15 is 0 Å². The minimum Gasteiger partial charge on any atom is -0.324 e. The van der Waals surface area contributed by atoms with Crippen molar-refractivity contribution in [3.63, 3.8) is 0 Å². The van der Waals surface area contributed by atoms with E-state index in [0.29, 0.717) is 11.3 Å². The number of hydrogen-bond donors (Lipinski definition) is 2. The summed E-state index contributed by atoms with van der Waals surface area (Å²) in [4.78, 5) is 12.7. The van der Waals surface area contributed by atoms with Crippen molar-refractivity contribution in [1.29, 1.82) is 0 Å². The summed E-state index contributed by atoms with van der Waals surface area (Å²) in [5.41, 5.74) is 0.988. The Labute approximate surface area is 161 Å². The van der Waals surface area contributed by atoms with E-state index in [1.165, 1.54) is 24.3 Å². The topological polar surface area (TPSA) is 75.3 Å². The molecule has 0 aromatic heterocycles. The van der Waals surface area contributed by atoms with Gasteiger partial charge in [-0.15, -0.1) is 0 Å². The number of halogens is 2. The molecule has 0 aliphatic carbocycles. The zero-order valence-corrected chi connectivity index (χ0v) is 17.0. The lowest BCUT2D eigenvalue weighted by Crippen LogP contribution is -2.47. The summed E-state index contributed by atoms with van der Waals surface area (Å²) < 4.78 is 41.7. The van der Waals surface area contributed by atoms with Gasteiger partial charge in [0.25, 0.3) is 0 Å². The smallest absolute Gasteiger partial charge is 0.242 e. The summed E-state index contributed by atoms with van der Waals surface area (Å²) in [6.07, 6.45) is 0. The van der Waals surface area contributed by atoms with Gasteiger partial charge in [-0.1, -0.05) is 35.8 Å². The van der Waals surface area contributed by atoms with Crippen molar-refractivity contribution < 1.29 is 17.6 Å². The van der Waals surface area contributed by atoms with Crippen LogP contribution in [0.15, 0.2) is 51.8 Å². The van der Waals surface area contributed by atoms with Gasteiger partial charge in [0.1, 0.15) is 11.9 Å². The van der Waals surface area contributed by atoms with E-state index in [0.717, 1.165) is 4.47 Å². The monoisotopic (exact) mass is 442 g/mol. The number of sulfonamides is 1. The molecule has 2 N–H and O–H groups in total. The van der Waals surface area contributed by atoms with Crippen molar-refractivity contribution in [3.8, 4) is 0 Å². The fraction of sp³-hybridized carbons (Fsp3) is 0.278. The second-order valence-electron chi connectivity index (χ2n) is 6.25. The third-order valence-corrected chi connectivity index (χ3v) is 5.80. The van der Waals surface area contributed by atoms with Gasteiger partial charge < -0.3 is 5.32 Å². The molecule has 0 heterocycles. The van der Waals surface area contributed by atoms with Crippen LogP contribution in [0.25, 0.3) is 0 Å². The molecule has 0 bridgehead atoms. The molecule has 1 amide bonds. The average Bonchev–Trinajstić information content (AvgIpc) is 2.56. The maximum atomic E-state index is 13.4. The largest absolute Gasteiger partial charge is 0.324 e. The Morgan fingerprint density at radius 1 is 1.12 bits per heavy atom. The Morgan fingerprint density at radius 2 is 1.73 bits per heavy atom. The lowest BCUT2D eigenvalue weighted by molar-refractivity contribution is -0.118. The van der Waals surface area contributed by atoms with Crippen molar-refractivity contribution >= 4 is 37.5 Å². The Kier molecular flexibility index (Phi) is 6.54. The minimum atomic E-state index is -3.88. The zero-order valence-electron chi connectivity index (χ0n) is 14.6. The third-order valence-electron chi connectivity index (χ3n) is 3.81. The highest BCUT2D eigenvalue weighted by molar-refractivity contribution is 9.10. The zero-order chi connectivity index (χ0) is 19.5. The van der Waals surface area contributed by atoms with Gasteiger partial charge >= 0.3 is 0 Å². The Balaban J connectivity index is 2.24. The predicted molar refractivity (Wildman–Crippen MR) is 103 cm³/mol. The molecule has 2 rings (SSSR count). The Bertz CT molecular complexity index is 899. The van der Waals surface area contributed by atoms with Gasteiger partial charge in [0.05, 0.1) is 4.90 Å². The summed E-state index contributed by atoms with van der Waals surface area (Å²) in [5.74, 6) is -1.34. The summed E-state index contributed by atoms with van der Waals surface area (Å²) in [7, 11) is -3.88.